The molecule has 2 aromatic carbocycles. The summed E-state index contributed by atoms with van der Waals surface area (Å²) in [4.78, 5) is 10.8. The number of aliphatic hydroxyl groups excluding tert-OH is 1. The van der Waals surface area contributed by atoms with Crippen molar-refractivity contribution >= 4 is 21.6 Å². The third-order valence-electron chi connectivity index (χ3n) is 3.37. The summed E-state index contributed by atoms with van der Waals surface area (Å²) in [6.45, 7) is 0.720. The van der Waals surface area contributed by atoms with Gasteiger partial charge in [0.15, 0.2) is 11.5 Å². The molecular weight excluding hydrogens is 354 g/mol. The van der Waals surface area contributed by atoms with E-state index in [-0.39, 0.29) is 11.3 Å². The van der Waals surface area contributed by atoms with Crippen molar-refractivity contribution in [2.75, 3.05) is 13.2 Å². The highest BCUT2D eigenvalue weighted by Crippen LogP contribution is 2.40. The maximum Gasteiger partial charge on any atom is 0.279 e. The molecule has 22 heavy (non-hydrogen) atoms. The van der Waals surface area contributed by atoms with Crippen LogP contribution in [0.1, 0.15) is 17.2 Å². The lowest BCUT2D eigenvalue weighted by Crippen LogP contribution is -2.16. The van der Waals surface area contributed by atoms with E-state index in [4.69, 9.17) is 9.47 Å². The molecule has 0 amide bonds. The van der Waals surface area contributed by atoms with Gasteiger partial charge in [-0.25, -0.2) is 0 Å². The molecule has 1 N–H and O–H groups in total. The summed E-state index contributed by atoms with van der Waals surface area (Å²) in [6.07, 6.45) is -1.12. The molecule has 2 aromatic rings. The van der Waals surface area contributed by atoms with E-state index in [0.29, 0.717) is 30.3 Å². The largest absolute Gasteiger partial charge is 0.486 e. The molecule has 0 radical (unpaired) electrons. The standard InChI is InChI=1S/C15H12BrNO5/c16-10-3-1-9(2-4-10)15(18)11-7-13-14(22-6-5-21-13)8-12(11)17(19)20/h1-4,7-8,15,18H,5-6H2/t15-/m1/s1. The van der Waals surface area contributed by atoms with Crippen molar-refractivity contribution in [2.45, 2.75) is 6.10 Å². The van der Waals surface area contributed by atoms with Gasteiger partial charge in [-0.15, -0.1) is 0 Å². The molecule has 114 valence electrons. The molecule has 7 heteroatoms. The van der Waals surface area contributed by atoms with Gasteiger partial charge in [-0.05, 0) is 23.8 Å². The van der Waals surface area contributed by atoms with Gasteiger partial charge in [-0.2, -0.15) is 0 Å². The molecule has 0 fully saturated rings. The molecule has 0 aromatic heterocycles. The first kappa shape index (κ1) is 14.8. The second kappa shape index (κ2) is 5.94. The Morgan fingerprint density at radius 1 is 1.14 bits per heavy atom. The van der Waals surface area contributed by atoms with Crippen LogP contribution in [0.5, 0.6) is 11.5 Å². The van der Waals surface area contributed by atoms with Crippen LogP contribution in [0.25, 0.3) is 0 Å². The number of aliphatic hydroxyl groups is 1. The molecule has 0 spiro atoms. The number of nitro groups is 1. The van der Waals surface area contributed by atoms with E-state index in [0.717, 1.165) is 4.47 Å². The normalized spacial score (nSPS) is 14.5. The van der Waals surface area contributed by atoms with Crippen LogP contribution in [0, 0.1) is 10.1 Å². The van der Waals surface area contributed by atoms with Crippen LogP contribution < -0.4 is 9.47 Å². The van der Waals surface area contributed by atoms with Crippen molar-refractivity contribution in [2.24, 2.45) is 0 Å². The minimum absolute atomic E-state index is 0.177. The topological polar surface area (TPSA) is 81.8 Å². The highest BCUT2D eigenvalue weighted by atomic mass is 79.9. The van der Waals surface area contributed by atoms with Crippen LogP contribution >= 0.6 is 15.9 Å². The molecule has 0 aliphatic carbocycles. The van der Waals surface area contributed by atoms with Crippen LogP contribution in [0.15, 0.2) is 40.9 Å². The number of fused-ring (bicyclic) bond motifs is 1. The minimum Gasteiger partial charge on any atom is -0.486 e. The number of benzene rings is 2. The molecule has 3 rings (SSSR count). The van der Waals surface area contributed by atoms with Crippen molar-refractivity contribution in [3.63, 3.8) is 0 Å². The first-order valence-corrected chi connectivity index (χ1v) is 7.37. The Hall–Kier alpha value is -2.12. The van der Waals surface area contributed by atoms with Gasteiger partial charge in [0.25, 0.3) is 5.69 Å². The van der Waals surface area contributed by atoms with Gasteiger partial charge in [0, 0.05) is 4.47 Å². The van der Waals surface area contributed by atoms with Crippen LogP contribution in [-0.2, 0) is 0 Å². The number of nitro benzene ring substituents is 1. The number of halogens is 1. The first-order chi connectivity index (χ1) is 10.6. The van der Waals surface area contributed by atoms with Gasteiger partial charge in [0.2, 0.25) is 0 Å². The van der Waals surface area contributed by atoms with Crippen molar-refractivity contribution in [3.8, 4) is 11.5 Å². The van der Waals surface area contributed by atoms with Gasteiger partial charge in [0.1, 0.15) is 19.3 Å². The van der Waals surface area contributed by atoms with Gasteiger partial charge >= 0.3 is 0 Å². The number of nitrogens with zero attached hydrogens (tertiary/aromatic N) is 1. The van der Waals surface area contributed by atoms with Crippen molar-refractivity contribution in [3.05, 3.63) is 62.1 Å². The molecule has 1 aliphatic rings. The summed E-state index contributed by atoms with van der Waals surface area (Å²) < 4.78 is 11.7. The molecule has 0 saturated carbocycles. The average molecular weight is 366 g/mol. The first-order valence-electron chi connectivity index (χ1n) is 6.57. The fourth-order valence-electron chi connectivity index (χ4n) is 2.30. The average Bonchev–Trinajstić information content (AvgIpc) is 2.53. The number of rotatable bonds is 3. The number of hydrogen-bond acceptors (Lipinski definition) is 5. The van der Waals surface area contributed by atoms with E-state index in [2.05, 4.69) is 15.9 Å². The Morgan fingerprint density at radius 3 is 2.32 bits per heavy atom. The summed E-state index contributed by atoms with van der Waals surface area (Å²) in [7, 11) is 0. The van der Waals surface area contributed by atoms with Gasteiger partial charge in [-0.3, -0.25) is 10.1 Å². The Bertz CT molecular complexity index is 717. The zero-order valence-electron chi connectivity index (χ0n) is 11.4. The van der Waals surface area contributed by atoms with E-state index in [1.54, 1.807) is 24.3 Å². The zero-order valence-corrected chi connectivity index (χ0v) is 12.9. The third kappa shape index (κ3) is 2.77. The van der Waals surface area contributed by atoms with Crippen molar-refractivity contribution in [1.82, 2.24) is 0 Å². The Labute approximate surface area is 134 Å². The lowest BCUT2D eigenvalue weighted by atomic mass is 9.99. The molecule has 1 atom stereocenters. The van der Waals surface area contributed by atoms with Crippen LogP contribution in [0.4, 0.5) is 5.69 Å². The highest BCUT2D eigenvalue weighted by molar-refractivity contribution is 9.10. The predicted octanol–water partition coefficient (Wildman–Crippen LogP) is 3.21. The van der Waals surface area contributed by atoms with Gasteiger partial charge in [-0.1, -0.05) is 28.1 Å². The summed E-state index contributed by atoms with van der Waals surface area (Å²) in [5.74, 6) is 0.729. The SMILES string of the molecule is O=[N+]([O-])c1cc2c(cc1[C@H](O)c1ccc(Br)cc1)OCCO2. The lowest BCUT2D eigenvalue weighted by Gasteiger charge is -2.20. The van der Waals surface area contributed by atoms with Gasteiger partial charge < -0.3 is 14.6 Å². The van der Waals surface area contributed by atoms with Gasteiger partial charge in [0.05, 0.1) is 16.6 Å². The lowest BCUT2D eigenvalue weighted by molar-refractivity contribution is -0.386. The molecular formula is C15H12BrNO5. The van der Waals surface area contributed by atoms with E-state index in [1.165, 1.54) is 12.1 Å². The smallest absolute Gasteiger partial charge is 0.279 e. The summed E-state index contributed by atoms with van der Waals surface area (Å²) in [5, 5.41) is 21.8. The van der Waals surface area contributed by atoms with E-state index in [1.807, 2.05) is 0 Å². The molecule has 1 heterocycles. The third-order valence-corrected chi connectivity index (χ3v) is 3.90. The van der Waals surface area contributed by atoms with Crippen LogP contribution in [0.3, 0.4) is 0 Å². The zero-order chi connectivity index (χ0) is 15.7. The van der Waals surface area contributed by atoms with E-state index in [9.17, 15) is 15.2 Å². The van der Waals surface area contributed by atoms with E-state index >= 15 is 0 Å². The summed E-state index contributed by atoms with van der Waals surface area (Å²) in [5.41, 5.74) is 0.541. The van der Waals surface area contributed by atoms with Crippen molar-refractivity contribution < 1.29 is 19.5 Å². The molecule has 0 bridgehead atoms. The molecule has 6 nitrogen and oxygen atoms in total. The Morgan fingerprint density at radius 2 is 1.73 bits per heavy atom. The maximum absolute atomic E-state index is 11.3. The summed E-state index contributed by atoms with van der Waals surface area (Å²) in [6, 6.07) is 9.71. The monoisotopic (exact) mass is 365 g/mol. The maximum atomic E-state index is 11.3. The van der Waals surface area contributed by atoms with Crippen molar-refractivity contribution in [1.29, 1.82) is 0 Å². The van der Waals surface area contributed by atoms with Crippen LogP contribution in [-0.4, -0.2) is 23.2 Å². The fraction of sp³-hybridized carbons (Fsp3) is 0.200. The number of ether oxygens (including phenoxy) is 2. The molecule has 1 aliphatic heterocycles. The molecule has 0 unspecified atom stereocenters. The molecule has 0 saturated heterocycles. The second-order valence-corrected chi connectivity index (χ2v) is 5.68. The predicted molar refractivity (Wildman–Crippen MR) is 82.3 cm³/mol. The Kier molecular flexibility index (Phi) is 4.00. The van der Waals surface area contributed by atoms with Crippen LogP contribution in [0.2, 0.25) is 0 Å². The quantitative estimate of drug-likeness (QED) is 0.666. The fourth-order valence-corrected chi connectivity index (χ4v) is 2.56. The number of hydrogen-bond donors (Lipinski definition) is 1. The highest BCUT2D eigenvalue weighted by Gasteiger charge is 2.27. The second-order valence-electron chi connectivity index (χ2n) is 4.77. The van der Waals surface area contributed by atoms with E-state index < -0.39 is 11.0 Å². The summed E-state index contributed by atoms with van der Waals surface area (Å²) >= 11 is 3.31. The minimum atomic E-state index is -1.12. The Balaban J connectivity index is 2.07.